The number of fused-ring (bicyclic) bond motifs is 1. The summed E-state index contributed by atoms with van der Waals surface area (Å²) in [6.45, 7) is 10.7. The van der Waals surface area contributed by atoms with Gasteiger partial charge in [-0.1, -0.05) is 78.9 Å². The minimum Gasteiger partial charge on any atom is -0.466 e. The molecule has 52 heavy (non-hydrogen) atoms. The second kappa shape index (κ2) is 18.9. The van der Waals surface area contributed by atoms with Crippen molar-refractivity contribution in [2.75, 3.05) is 27.2 Å². The van der Waals surface area contributed by atoms with Gasteiger partial charge in [-0.25, -0.2) is 4.79 Å². The average Bonchev–Trinajstić information content (AvgIpc) is 3.07. The lowest BCUT2D eigenvalue weighted by molar-refractivity contribution is -0.146. The number of esters is 1. The minimum atomic E-state index is -0.953. The van der Waals surface area contributed by atoms with Crippen molar-refractivity contribution >= 4 is 40.6 Å². The number of benzene rings is 3. The number of rotatable bonds is 16. The summed E-state index contributed by atoms with van der Waals surface area (Å²) in [6, 6.07) is 21.4. The first-order valence-electron chi connectivity index (χ1n) is 17.6. The monoisotopic (exact) mass is 714 g/mol. The number of hydrogen-bond acceptors (Lipinski definition) is 7. The molecule has 0 radical (unpaired) electrons. The van der Waals surface area contributed by atoms with E-state index in [-0.39, 0.29) is 31.9 Å². The normalized spacial score (nSPS) is 12.8. The molecule has 280 valence electrons. The Kier molecular flexibility index (Phi) is 15.0. The highest BCUT2D eigenvalue weighted by atomic mass is 16.6. The van der Waals surface area contributed by atoms with Crippen LogP contribution >= 0.6 is 0 Å². The molecule has 0 aliphatic rings. The summed E-state index contributed by atoms with van der Waals surface area (Å²) in [4.78, 5) is 68.2. The molecule has 2 N–H and O–H groups in total. The lowest BCUT2D eigenvalue weighted by atomic mass is 9.98. The fourth-order valence-electron chi connectivity index (χ4n) is 5.58. The van der Waals surface area contributed by atoms with E-state index in [1.165, 1.54) is 22.8 Å². The summed E-state index contributed by atoms with van der Waals surface area (Å²) in [6.07, 6.45) is 3.70. The van der Waals surface area contributed by atoms with Crippen molar-refractivity contribution in [3.05, 3.63) is 96.1 Å². The lowest BCUT2D eigenvalue weighted by Gasteiger charge is -2.34. The SMILES string of the molecule is CC(=O)OCCCNC(=O)C(Cc1ccccc1)N(C)C(=O)[C@@H](Cc1ccc2ccccc2c1)N(C)C(=O)/C=C/CC(C)(C)NC(=O)OC(C)(C)C. The van der Waals surface area contributed by atoms with E-state index in [1.54, 1.807) is 40.9 Å². The summed E-state index contributed by atoms with van der Waals surface area (Å²) in [7, 11) is 3.16. The lowest BCUT2D eigenvalue weighted by Crippen LogP contribution is -2.56. The Morgan fingerprint density at radius 2 is 1.42 bits per heavy atom. The van der Waals surface area contributed by atoms with E-state index in [2.05, 4.69) is 10.6 Å². The van der Waals surface area contributed by atoms with Crippen LogP contribution in [0, 0.1) is 0 Å². The van der Waals surface area contributed by atoms with Gasteiger partial charge in [0.1, 0.15) is 17.7 Å². The Morgan fingerprint density at radius 3 is 2.08 bits per heavy atom. The molecule has 11 heteroatoms. The van der Waals surface area contributed by atoms with Gasteiger partial charge in [0.25, 0.3) is 0 Å². The van der Waals surface area contributed by atoms with Crippen LogP contribution in [0.15, 0.2) is 84.9 Å². The van der Waals surface area contributed by atoms with Crippen LogP contribution in [0.2, 0.25) is 0 Å². The number of carbonyl (C=O) groups excluding carboxylic acids is 5. The van der Waals surface area contributed by atoms with Crippen LogP contribution in [0.1, 0.15) is 65.5 Å². The van der Waals surface area contributed by atoms with E-state index in [0.29, 0.717) is 12.8 Å². The topological polar surface area (TPSA) is 134 Å². The number of nitrogens with one attached hydrogen (secondary N) is 2. The van der Waals surface area contributed by atoms with Crippen LogP contribution in [-0.2, 0) is 41.5 Å². The van der Waals surface area contributed by atoms with Crippen molar-refractivity contribution in [3.63, 3.8) is 0 Å². The third-order valence-electron chi connectivity index (χ3n) is 8.39. The van der Waals surface area contributed by atoms with Gasteiger partial charge in [-0.3, -0.25) is 19.2 Å². The van der Waals surface area contributed by atoms with Crippen LogP contribution in [0.3, 0.4) is 0 Å². The largest absolute Gasteiger partial charge is 0.466 e. The summed E-state index contributed by atoms with van der Waals surface area (Å²) >= 11 is 0. The van der Waals surface area contributed by atoms with Gasteiger partial charge in [0, 0.05) is 45.9 Å². The van der Waals surface area contributed by atoms with Crippen molar-refractivity contribution in [2.45, 2.75) is 90.4 Å². The Bertz CT molecular complexity index is 1710. The van der Waals surface area contributed by atoms with Gasteiger partial charge in [0.15, 0.2) is 0 Å². The molecule has 2 atom stereocenters. The molecule has 0 heterocycles. The molecule has 3 aromatic carbocycles. The van der Waals surface area contributed by atoms with Crippen LogP contribution < -0.4 is 10.6 Å². The average molecular weight is 715 g/mol. The molecule has 3 aromatic rings. The number of likely N-dealkylation sites (N-methyl/N-ethyl adjacent to an activating group) is 2. The highest BCUT2D eigenvalue weighted by molar-refractivity contribution is 5.95. The van der Waals surface area contributed by atoms with Gasteiger partial charge >= 0.3 is 12.1 Å². The van der Waals surface area contributed by atoms with Gasteiger partial charge < -0.3 is 29.9 Å². The zero-order valence-corrected chi connectivity index (χ0v) is 31.7. The van der Waals surface area contributed by atoms with Crippen molar-refractivity contribution < 1.29 is 33.4 Å². The molecule has 0 aromatic heterocycles. The first kappa shape index (κ1) is 41.2. The Balaban J connectivity index is 1.87. The van der Waals surface area contributed by atoms with Gasteiger partial charge in [0.05, 0.1) is 6.61 Å². The van der Waals surface area contributed by atoms with E-state index in [4.69, 9.17) is 9.47 Å². The molecular weight excluding hydrogens is 660 g/mol. The number of nitrogens with zero attached hydrogens (tertiary/aromatic N) is 2. The predicted octanol–water partition coefficient (Wildman–Crippen LogP) is 5.60. The maximum Gasteiger partial charge on any atom is 0.408 e. The smallest absolute Gasteiger partial charge is 0.408 e. The molecule has 3 rings (SSSR count). The van der Waals surface area contributed by atoms with E-state index < -0.39 is 47.1 Å². The van der Waals surface area contributed by atoms with Gasteiger partial charge in [-0.15, -0.1) is 0 Å². The van der Waals surface area contributed by atoms with Gasteiger partial charge in [-0.05, 0) is 75.4 Å². The Hall–Kier alpha value is -5.19. The zero-order valence-electron chi connectivity index (χ0n) is 31.7. The molecule has 0 aliphatic carbocycles. The predicted molar refractivity (Wildman–Crippen MR) is 202 cm³/mol. The molecule has 0 saturated heterocycles. The maximum atomic E-state index is 14.5. The Labute approximate surface area is 307 Å². The zero-order chi connectivity index (χ0) is 38.5. The van der Waals surface area contributed by atoms with Crippen molar-refractivity contribution in [1.82, 2.24) is 20.4 Å². The summed E-state index contributed by atoms with van der Waals surface area (Å²) < 4.78 is 10.4. The Morgan fingerprint density at radius 1 is 0.788 bits per heavy atom. The number of alkyl carbamates (subject to hydrolysis) is 1. The van der Waals surface area contributed by atoms with E-state index in [0.717, 1.165) is 21.9 Å². The molecule has 0 bridgehead atoms. The highest BCUT2D eigenvalue weighted by Crippen LogP contribution is 2.21. The third-order valence-corrected chi connectivity index (χ3v) is 8.39. The molecule has 0 spiro atoms. The molecule has 1 unspecified atom stereocenters. The molecule has 0 aliphatic heterocycles. The summed E-state index contributed by atoms with van der Waals surface area (Å²) in [5.41, 5.74) is 0.351. The highest BCUT2D eigenvalue weighted by Gasteiger charge is 2.35. The number of hydrogen-bond donors (Lipinski definition) is 2. The number of ether oxygens (including phenoxy) is 2. The standard InChI is InChI=1S/C41H54N4O7/c1-29(46)51-25-15-24-42-37(48)34(27-30-16-10-9-11-17-30)45(8)38(49)35(28-31-21-22-32-18-12-13-19-33(32)26-31)44(7)36(47)20-14-23-41(5,6)43-39(50)52-40(2,3)4/h9-14,16-22,26,34-35H,15,23-25,27-28H2,1-8H3,(H,42,48)(H,43,50)/b20-14+/t34?,35-/m1/s1. The molecule has 11 nitrogen and oxygen atoms in total. The van der Waals surface area contributed by atoms with Crippen molar-refractivity contribution in [1.29, 1.82) is 0 Å². The second-order valence-corrected chi connectivity index (χ2v) is 14.6. The van der Waals surface area contributed by atoms with Crippen LogP contribution in [0.4, 0.5) is 4.79 Å². The minimum absolute atomic E-state index is 0.163. The van der Waals surface area contributed by atoms with E-state index >= 15 is 0 Å². The summed E-state index contributed by atoms with van der Waals surface area (Å²) in [5, 5.41) is 7.77. The molecular formula is C41H54N4O7. The third kappa shape index (κ3) is 13.5. The van der Waals surface area contributed by atoms with Crippen LogP contribution in [-0.4, -0.2) is 90.1 Å². The van der Waals surface area contributed by atoms with Crippen molar-refractivity contribution in [2.24, 2.45) is 0 Å². The van der Waals surface area contributed by atoms with Crippen LogP contribution in [0.5, 0.6) is 0 Å². The summed E-state index contributed by atoms with van der Waals surface area (Å²) in [5.74, 6) is -1.57. The molecule has 4 amide bonds. The van der Waals surface area contributed by atoms with E-state index in [1.807, 2.05) is 86.6 Å². The second-order valence-electron chi connectivity index (χ2n) is 14.6. The fourth-order valence-corrected chi connectivity index (χ4v) is 5.58. The first-order valence-corrected chi connectivity index (χ1v) is 17.6. The van der Waals surface area contributed by atoms with E-state index in [9.17, 15) is 24.0 Å². The first-order chi connectivity index (χ1) is 24.5. The fraction of sp³-hybridized carbons (Fsp3) is 0.439. The number of carbonyl (C=O) groups is 5. The molecule has 0 fully saturated rings. The van der Waals surface area contributed by atoms with Gasteiger partial charge in [0.2, 0.25) is 17.7 Å². The van der Waals surface area contributed by atoms with Crippen LogP contribution in [0.25, 0.3) is 10.8 Å². The van der Waals surface area contributed by atoms with Crippen molar-refractivity contribution in [3.8, 4) is 0 Å². The maximum absolute atomic E-state index is 14.5. The quantitative estimate of drug-likeness (QED) is 0.112. The number of amides is 4. The molecule has 0 saturated carbocycles. The van der Waals surface area contributed by atoms with Gasteiger partial charge in [-0.2, -0.15) is 0 Å².